The fraction of sp³-hybridized carbons (Fsp3) is 0.615. The van der Waals surface area contributed by atoms with Crippen molar-refractivity contribution in [3.63, 3.8) is 0 Å². The van der Waals surface area contributed by atoms with E-state index in [0.717, 1.165) is 25.2 Å². The van der Waals surface area contributed by atoms with Crippen LogP contribution in [0.5, 0.6) is 0 Å². The highest BCUT2D eigenvalue weighted by Crippen LogP contribution is 2.49. The third kappa shape index (κ3) is 2.05. The number of rotatable bonds is 3. The van der Waals surface area contributed by atoms with Crippen molar-refractivity contribution < 1.29 is 18.0 Å². The number of aromatic nitrogens is 2. The minimum absolute atomic E-state index is 0.0444. The van der Waals surface area contributed by atoms with Crippen molar-refractivity contribution in [2.45, 2.75) is 44.4 Å². The second-order valence-corrected chi connectivity index (χ2v) is 5.46. The Morgan fingerprint density at radius 1 is 1.35 bits per heavy atom. The zero-order chi connectivity index (χ0) is 14.5. The number of halogens is 3. The smallest absolute Gasteiger partial charge is 0.334 e. The van der Waals surface area contributed by atoms with Gasteiger partial charge in [0.25, 0.3) is 0 Å². The van der Waals surface area contributed by atoms with E-state index in [1.807, 2.05) is 4.90 Å². The van der Waals surface area contributed by atoms with Crippen molar-refractivity contribution in [2.24, 2.45) is 5.92 Å². The Kier molecular flexibility index (Phi) is 2.95. The molecule has 0 aromatic carbocycles. The van der Waals surface area contributed by atoms with Crippen LogP contribution in [-0.4, -0.2) is 27.8 Å². The number of piperidine rings is 1. The Bertz CT molecular complexity index is 529. The topological polar surface area (TPSA) is 46.1 Å². The summed E-state index contributed by atoms with van der Waals surface area (Å²) < 4.78 is 37.4. The number of hydrogen-bond acceptors (Lipinski definition) is 4. The molecule has 2 fully saturated rings. The van der Waals surface area contributed by atoms with Gasteiger partial charge < -0.3 is 4.90 Å². The summed E-state index contributed by atoms with van der Waals surface area (Å²) in [7, 11) is 0. The van der Waals surface area contributed by atoms with Crippen LogP contribution >= 0.6 is 0 Å². The van der Waals surface area contributed by atoms with Gasteiger partial charge in [0.15, 0.2) is 0 Å². The first-order chi connectivity index (χ1) is 9.38. The van der Waals surface area contributed by atoms with E-state index in [1.165, 1.54) is 6.92 Å². The van der Waals surface area contributed by atoms with Gasteiger partial charge >= 0.3 is 6.18 Å². The molecule has 1 aliphatic carbocycles. The zero-order valence-corrected chi connectivity index (χ0v) is 10.9. The van der Waals surface area contributed by atoms with Gasteiger partial charge in [0.1, 0.15) is 5.78 Å². The molecule has 20 heavy (non-hydrogen) atoms. The molecule has 3 unspecified atom stereocenters. The van der Waals surface area contributed by atoms with Crippen molar-refractivity contribution in [1.29, 1.82) is 0 Å². The summed E-state index contributed by atoms with van der Waals surface area (Å²) in [5, 5.41) is 0. The van der Waals surface area contributed by atoms with E-state index in [4.69, 9.17) is 0 Å². The third-order valence-electron chi connectivity index (χ3n) is 4.19. The highest BCUT2D eigenvalue weighted by molar-refractivity contribution is 5.77. The van der Waals surface area contributed by atoms with Crippen LogP contribution in [-0.2, 0) is 11.0 Å². The predicted molar refractivity (Wildman–Crippen MR) is 65.1 cm³/mol. The van der Waals surface area contributed by atoms with Gasteiger partial charge in [-0.25, -0.2) is 9.97 Å². The molecule has 1 aliphatic heterocycles. The van der Waals surface area contributed by atoms with E-state index in [-0.39, 0.29) is 17.9 Å². The highest BCUT2D eigenvalue weighted by atomic mass is 19.4. The maximum atomic E-state index is 12.5. The van der Waals surface area contributed by atoms with Crippen molar-refractivity contribution in [3.8, 4) is 0 Å². The summed E-state index contributed by atoms with van der Waals surface area (Å²) in [6, 6.07) is 0.332. The van der Waals surface area contributed by atoms with Crippen LogP contribution in [0.4, 0.5) is 19.1 Å². The van der Waals surface area contributed by atoms with Gasteiger partial charge in [0.2, 0.25) is 5.95 Å². The number of alkyl halides is 3. The number of fused-ring (bicyclic) bond motifs is 1. The largest absolute Gasteiger partial charge is 0.419 e. The SMILES string of the molecule is CC(=O)CC1C2CCC2N1c1ncc(C(F)(F)F)cn1. The maximum absolute atomic E-state index is 12.5. The second kappa shape index (κ2) is 4.43. The lowest BCUT2D eigenvalue weighted by Gasteiger charge is -2.61. The van der Waals surface area contributed by atoms with Crippen LogP contribution < -0.4 is 4.90 Å². The lowest BCUT2D eigenvalue weighted by atomic mass is 9.64. The van der Waals surface area contributed by atoms with Gasteiger partial charge in [0, 0.05) is 36.8 Å². The molecule has 0 amide bonds. The molecule has 0 spiro atoms. The fourth-order valence-electron chi connectivity index (χ4n) is 3.09. The third-order valence-corrected chi connectivity index (χ3v) is 4.19. The lowest BCUT2D eigenvalue weighted by molar-refractivity contribution is -0.138. The molecule has 1 saturated carbocycles. The minimum atomic E-state index is -4.43. The predicted octanol–water partition coefficient (Wildman–Crippen LogP) is 2.44. The van der Waals surface area contributed by atoms with Crippen LogP contribution in [0.25, 0.3) is 0 Å². The van der Waals surface area contributed by atoms with Crippen molar-refractivity contribution >= 4 is 11.7 Å². The van der Waals surface area contributed by atoms with Crippen molar-refractivity contribution in [2.75, 3.05) is 4.90 Å². The molecule has 0 radical (unpaired) electrons. The summed E-state index contributed by atoms with van der Waals surface area (Å²) in [5.74, 6) is 0.840. The number of Topliss-reactive ketones (excluding diaryl/α,β-unsaturated/α-hetero) is 1. The van der Waals surface area contributed by atoms with Gasteiger partial charge in [0.05, 0.1) is 5.56 Å². The van der Waals surface area contributed by atoms with Crippen LogP contribution in [0.2, 0.25) is 0 Å². The molecule has 108 valence electrons. The summed E-state index contributed by atoms with van der Waals surface area (Å²) in [6.07, 6.45) is -0.349. The Morgan fingerprint density at radius 3 is 2.45 bits per heavy atom. The van der Waals surface area contributed by atoms with E-state index in [0.29, 0.717) is 18.3 Å². The first kappa shape index (κ1) is 13.3. The normalized spacial score (nSPS) is 28.4. The van der Waals surface area contributed by atoms with E-state index in [2.05, 4.69) is 9.97 Å². The number of carbonyl (C=O) groups excluding carboxylic acids is 1. The first-order valence-corrected chi connectivity index (χ1v) is 6.55. The molecule has 3 rings (SSSR count). The summed E-state index contributed by atoms with van der Waals surface area (Å²) in [6.45, 7) is 1.53. The fourth-order valence-corrected chi connectivity index (χ4v) is 3.09. The molecular formula is C13H14F3N3O. The van der Waals surface area contributed by atoms with Crippen LogP contribution in [0.3, 0.4) is 0 Å². The summed E-state index contributed by atoms with van der Waals surface area (Å²) >= 11 is 0. The van der Waals surface area contributed by atoms with Crippen molar-refractivity contribution in [1.82, 2.24) is 9.97 Å². The Morgan fingerprint density at radius 2 is 2.00 bits per heavy atom. The minimum Gasteiger partial charge on any atom is -0.334 e. The molecular weight excluding hydrogens is 271 g/mol. The molecule has 0 N–H and O–H groups in total. The van der Waals surface area contributed by atoms with Crippen molar-refractivity contribution in [3.05, 3.63) is 18.0 Å². The Balaban J connectivity index is 1.79. The second-order valence-electron chi connectivity index (χ2n) is 5.46. The number of nitrogens with zero attached hydrogens (tertiary/aromatic N) is 3. The van der Waals surface area contributed by atoms with Gasteiger partial charge in [-0.3, -0.25) is 4.79 Å². The summed E-state index contributed by atoms with van der Waals surface area (Å²) in [4.78, 5) is 20.8. The van der Waals surface area contributed by atoms with Gasteiger partial charge in [-0.15, -0.1) is 0 Å². The zero-order valence-electron chi connectivity index (χ0n) is 10.9. The van der Waals surface area contributed by atoms with Crippen LogP contribution in [0, 0.1) is 5.92 Å². The maximum Gasteiger partial charge on any atom is 0.419 e. The van der Waals surface area contributed by atoms with Crippen LogP contribution in [0.1, 0.15) is 31.7 Å². The van der Waals surface area contributed by atoms with E-state index in [9.17, 15) is 18.0 Å². The average Bonchev–Trinajstić information content (AvgIpc) is 2.32. The number of hydrogen-bond donors (Lipinski definition) is 0. The lowest BCUT2D eigenvalue weighted by Crippen LogP contribution is -2.70. The molecule has 4 nitrogen and oxygen atoms in total. The monoisotopic (exact) mass is 285 g/mol. The Labute approximate surface area is 114 Å². The van der Waals surface area contributed by atoms with Gasteiger partial charge in [-0.05, 0) is 19.8 Å². The van der Waals surface area contributed by atoms with E-state index >= 15 is 0 Å². The number of ketones is 1. The average molecular weight is 285 g/mol. The number of carbonyl (C=O) groups is 1. The molecule has 7 heteroatoms. The quantitative estimate of drug-likeness (QED) is 0.855. The first-order valence-electron chi connectivity index (χ1n) is 6.55. The van der Waals surface area contributed by atoms with Gasteiger partial charge in [-0.1, -0.05) is 0 Å². The van der Waals surface area contributed by atoms with E-state index < -0.39 is 11.7 Å². The molecule has 1 aromatic rings. The van der Waals surface area contributed by atoms with Crippen LogP contribution in [0.15, 0.2) is 12.4 Å². The molecule has 1 saturated heterocycles. The molecule has 0 bridgehead atoms. The Hall–Kier alpha value is -1.66. The molecule has 3 atom stereocenters. The molecule has 2 heterocycles. The number of anilines is 1. The summed E-state index contributed by atoms with van der Waals surface area (Å²) in [5.41, 5.74) is -0.852. The molecule has 2 aliphatic rings. The van der Waals surface area contributed by atoms with Gasteiger partial charge in [-0.2, -0.15) is 13.2 Å². The molecule has 1 aromatic heterocycles. The standard InChI is InChI=1S/C13H14F3N3O/c1-7(20)4-11-9-2-3-10(9)19(11)12-17-5-8(6-18-12)13(14,15)16/h5-6,9-11H,2-4H2,1H3. The van der Waals surface area contributed by atoms with E-state index in [1.54, 1.807) is 0 Å². The highest BCUT2D eigenvalue weighted by Gasteiger charge is 2.54.